The lowest BCUT2D eigenvalue weighted by atomic mass is 10.2. The Morgan fingerprint density at radius 2 is 2.18 bits per heavy atom. The number of methoxy groups -OCH3 is 1. The highest BCUT2D eigenvalue weighted by Crippen LogP contribution is 2.11. The van der Waals surface area contributed by atoms with Gasteiger partial charge in [-0.25, -0.2) is 4.63 Å². The third-order valence-electron chi connectivity index (χ3n) is 2.78. The van der Waals surface area contributed by atoms with E-state index >= 15 is 0 Å². The molecule has 4 N–H and O–H groups in total. The molecule has 0 aliphatic heterocycles. The third-order valence-corrected chi connectivity index (χ3v) is 2.78. The maximum atomic E-state index is 11.6. The van der Waals surface area contributed by atoms with E-state index in [0.29, 0.717) is 19.6 Å². The highest BCUT2D eigenvalue weighted by molar-refractivity contribution is 5.95. The van der Waals surface area contributed by atoms with Crippen molar-refractivity contribution in [2.75, 3.05) is 25.9 Å². The number of hydrogen-bond acceptors (Lipinski definition) is 7. The average Bonchev–Trinajstić information content (AvgIpc) is 2.93. The molecule has 2 rings (SSSR count). The number of halogens is 1. The van der Waals surface area contributed by atoms with Crippen molar-refractivity contribution in [3.05, 3.63) is 35.5 Å². The van der Waals surface area contributed by atoms with E-state index in [9.17, 15) is 4.79 Å². The molecule has 0 saturated carbocycles. The minimum atomic E-state index is -0.406. The highest BCUT2D eigenvalue weighted by atomic mass is 35.5. The van der Waals surface area contributed by atoms with Crippen LogP contribution in [0, 0.1) is 0 Å². The summed E-state index contributed by atoms with van der Waals surface area (Å²) in [6.07, 6.45) is 0. The fourth-order valence-electron chi connectivity index (χ4n) is 1.72. The summed E-state index contributed by atoms with van der Waals surface area (Å²) in [5, 5.41) is 12.6. The Hall–Kier alpha value is -2.32. The van der Waals surface area contributed by atoms with Crippen LogP contribution in [-0.4, -0.2) is 36.4 Å². The van der Waals surface area contributed by atoms with Gasteiger partial charge in [-0.2, -0.15) is 0 Å². The molecule has 2 aromatic rings. The van der Waals surface area contributed by atoms with Gasteiger partial charge in [0.15, 0.2) is 0 Å². The first-order chi connectivity index (χ1) is 10.2. The van der Waals surface area contributed by atoms with Crippen LogP contribution in [0.2, 0.25) is 0 Å². The zero-order chi connectivity index (χ0) is 15.1. The topological polar surface area (TPSA) is 115 Å². The molecule has 9 heteroatoms. The standard InChI is InChI=1S/C13H17N5O3.ClH/c1-20-10-4-2-3-9(7-10)8-15-5-6-16-13(19)11-12(14)18-21-17-11;/h2-4,7,15H,5-6,8H2,1H3,(H2,14,18)(H,16,19);1H. The fourth-order valence-corrected chi connectivity index (χ4v) is 1.72. The molecule has 0 radical (unpaired) electrons. The summed E-state index contributed by atoms with van der Waals surface area (Å²) < 4.78 is 9.51. The highest BCUT2D eigenvalue weighted by Gasteiger charge is 2.14. The molecule has 0 unspecified atom stereocenters. The molecule has 1 aromatic heterocycles. The van der Waals surface area contributed by atoms with Crippen LogP contribution in [-0.2, 0) is 6.54 Å². The maximum Gasteiger partial charge on any atom is 0.277 e. The normalized spacial score (nSPS) is 9.86. The summed E-state index contributed by atoms with van der Waals surface area (Å²) in [7, 11) is 1.63. The molecule has 0 saturated heterocycles. The van der Waals surface area contributed by atoms with Gasteiger partial charge >= 0.3 is 0 Å². The Labute approximate surface area is 133 Å². The van der Waals surface area contributed by atoms with Crippen molar-refractivity contribution in [3.63, 3.8) is 0 Å². The quantitative estimate of drug-likeness (QED) is 0.638. The molecule has 22 heavy (non-hydrogen) atoms. The molecule has 0 aliphatic rings. The second kappa shape index (κ2) is 8.85. The zero-order valence-electron chi connectivity index (χ0n) is 12.0. The summed E-state index contributed by atoms with van der Waals surface area (Å²) in [4.78, 5) is 11.6. The van der Waals surface area contributed by atoms with Gasteiger partial charge < -0.3 is 21.1 Å². The van der Waals surface area contributed by atoms with Crippen molar-refractivity contribution in [2.45, 2.75) is 6.54 Å². The number of ether oxygens (including phenoxy) is 1. The van der Waals surface area contributed by atoms with E-state index in [-0.39, 0.29) is 23.9 Å². The Morgan fingerprint density at radius 3 is 2.86 bits per heavy atom. The van der Waals surface area contributed by atoms with Crippen molar-refractivity contribution in [1.29, 1.82) is 0 Å². The third kappa shape index (κ3) is 4.90. The van der Waals surface area contributed by atoms with Crippen LogP contribution in [0.4, 0.5) is 5.82 Å². The van der Waals surface area contributed by atoms with Gasteiger partial charge in [-0.3, -0.25) is 4.79 Å². The van der Waals surface area contributed by atoms with Crippen LogP contribution in [0.15, 0.2) is 28.9 Å². The molecule has 1 aromatic carbocycles. The van der Waals surface area contributed by atoms with Crippen LogP contribution in [0.3, 0.4) is 0 Å². The molecular formula is C13H18ClN5O3. The van der Waals surface area contributed by atoms with Gasteiger partial charge in [0.1, 0.15) is 5.75 Å². The van der Waals surface area contributed by atoms with Crippen molar-refractivity contribution in [1.82, 2.24) is 20.9 Å². The summed E-state index contributed by atoms with van der Waals surface area (Å²) in [6.45, 7) is 1.73. The summed E-state index contributed by atoms with van der Waals surface area (Å²) in [5.41, 5.74) is 6.52. The monoisotopic (exact) mass is 327 g/mol. The van der Waals surface area contributed by atoms with Crippen molar-refractivity contribution in [3.8, 4) is 5.75 Å². The number of carbonyl (C=O) groups excluding carboxylic acids is 1. The van der Waals surface area contributed by atoms with Gasteiger partial charge in [0.05, 0.1) is 7.11 Å². The van der Waals surface area contributed by atoms with E-state index in [0.717, 1.165) is 11.3 Å². The Bertz CT molecular complexity index is 605. The fraction of sp³-hybridized carbons (Fsp3) is 0.308. The molecule has 0 fully saturated rings. The first-order valence-electron chi connectivity index (χ1n) is 6.40. The Kier molecular flexibility index (Phi) is 7.14. The second-order valence-corrected chi connectivity index (χ2v) is 4.28. The van der Waals surface area contributed by atoms with E-state index in [2.05, 4.69) is 25.6 Å². The minimum Gasteiger partial charge on any atom is -0.497 e. The van der Waals surface area contributed by atoms with E-state index in [1.54, 1.807) is 7.11 Å². The molecule has 0 atom stereocenters. The Balaban J connectivity index is 0.00000242. The summed E-state index contributed by atoms with van der Waals surface area (Å²) in [5.74, 6) is 0.394. The van der Waals surface area contributed by atoms with Crippen LogP contribution in [0.1, 0.15) is 16.1 Å². The van der Waals surface area contributed by atoms with Gasteiger partial charge in [0.25, 0.3) is 5.91 Å². The number of nitrogen functional groups attached to an aromatic ring is 1. The van der Waals surface area contributed by atoms with Gasteiger partial charge in [-0.15, -0.1) is 12.4 Å². The number of rotatable bonds is 7. The molecule has 120 valence electrons. The lowest BCUT2D eigenvalue weighted by Crippen LogP contribution is -2.32. The van der Waals surface area contributed by atoms with E-state index in [1.807, 2.05) is 24.3 Å². The SMILES string of the molecule is COc1cccc(CNCCNC(=O)c2nonc2N)c1.Cl. The van der Waals surface area contributed by atoms with Gasteiger partial charge in [0.2, 0.25) is 11.5 Å². The lowest BCUT2D eigenvalue weighted by Gasteiger charge is -2.07. The number of carbonyl (C=O) groups is 1. The number of nitrogens with zero attached hydrogens (tertiary/aromatic N) is 2. The Morgan fingerprint density at radius 1 is 1.36 bits per heavy atom. The number of nitrogens with one attached hydrogen (secondary N) is 2. The summed E-state index contributed by atoms with van der Waals surface area (Å²) >= 11 is 0. The predicted molar refractivity (Wildman–Crippen MR) is 83.0 cm³/mol. The molecule has 0 aliphatic carbocycles. The number of hydrogen-bond donors (Lipinski definition) is 3. The van der Waals surface area contributed by atoms with Crippen LogP contribution >= 0.6 is 12.4 Å². The number of anilines is 1. The van der Waals surface area contributed by atoms with E-state index in [1.165, 1.54) is 0 Å². The second-order valence-electron chi connectivity index (χ2n) is 4.28. The zero-order valence-corrected chi connectivity index (χ0v) is 12.9. The minimum absolute atomic E-state index is 0. The maximum absolute atomic E-state index is 11.6. The van der Waals surface area contributed by atoms with Crippen molar-refractivity contribution < 1.29 is 14.2 Å². The first-order valence-corrected chi connectivity index (χ1v) is 6.40. The smallest absolute Gasteiger partial charge is 0.277 e. The number of amides is 1. The summed E-state index contributed by atoms with van der Waals surface area (Å²) in [6, 6.07) is 7.77. The van der Waals surface area contributed by atoms with Gasteiger partial charge in [0, 0.05) is 19.6 Å². The van der Waals surface area contributed by atoms with E-state index in [4.69, 9.17) is 10.5 Å². The van der Waals surface area contributed by atoms with Crippen LogP contribution in [0.25, 0.3) is 0 Å². The van der Waals surface area contributed by atoms with Gasteiger partial charge in [-0.1, -0.05) is 12.1 Å². The van der Waals surface area contributed by atoms with E-state index < -0.39 is 5.91 Å². The van der Waals surface area contributed by atoms with Crippen LogP contribution in [0.5, 0.6) is 5.75 Å². The first kappa shape index (κ1) is 17.7. The number of nitrogens with two attached hydrogens (primary N) is 1. The average molecular weight is 328 g/mol. The molecule has 1 heterocycles. The van der Waals surface area contributed by atoms with Crippen molar-refractivity contribution in [2.24, 2.45) is 0 Å². The molecule has 8 nitrogen and oxygen atoms in total. The number of benzene rings is 1. The van der Waals surface area contributed by atoms with Crippen molar-refractivity contribution >= 4 is 24.1 Å². The largest absolute Gasteiger partial charge is 0.497 e. The van der Waals surface area contributed by atoms with Gasteiger partial charge in [-0.05, 0) is 28.0 Å². The predicted octanol–water partition coefficient (Wildman–Crippen LogP) is 0.602. The molecule has 0 spiro atoms. The van der Waals surface area contributed by atoms with Crippen LogP contribution < -0.4 is 21.1 Å². The molecule has 1 amide bonds. The molecule has 0 bridgehead atoms. The molecular weight excluding hydrogens is 310 g/mol. The number of aromatic nitrogens is 2. The lowest BCUT2D eigenvalue weighted by molar-refractivity contribution is 0.0944.